The highest BCUT2D eigenvalue weighted by molar-refractivity contribution is 5.71. The predicted molar refractivity (Wildman–Crippen MR) is 307 cm³/mol. The summed E-state index contributed by atoms with van der Waals surface area (Å²) in [5, 5.41) is 0. The molecule has 0 aliphatic carbocycles. The third-order valence-electron chi connectivity index (χ3n) is 12.9. The minimum absolute atomic E-state index is 0.0883. The minimum atomic E-state index is -0.791. The monoisotopic (exact) mass is 989 g/mol. The van der Waals surface area contributed by atoms with Gasteiger partial charge in [0.05, 0.1) is 0 Å². The van der Waals surface area contributed by atoms with Crippen LogP contribution in [0.1, 0.15) is 290 Å². The quantitative estimate of drug-likeness (QED) is 0.0261. The maximum absolute atomic E-state index is 12.9. The molecule has 0 aromatic rings. The number of allylic oxidation sites excluding steroid dienone is 14. The summed E-state index contributed by atoms with van der Waals surface area (Å²) in [7, 11) is 0. The van der Waals surface area contributed by atoms with E-state index >= 15 is 0 Å². The third-order valence-corrected chi connectivity index (χ3v) is 12.9. The highest BCUT2D eigenvalue weighted by atomic mass is 16.6. The van der Waals surface area contributed by atoms with Gasteiger partial charge in [0.15, 0.2) is 6.10 Å². The van der Waals surface area contributed by atoms with E-state index in [0.717, 1.165) is 116 Å². The van der Waals surface area contributed by atoms with Gasteiger partial charge >= 0.3 is 17.9 Å². The maximum atomic E-state index is 12.9. The summed E-state index contributed by atoms with van der Waals surface area (Å²) in [5.41, 5.74) is 0. The summed E-state index contributed by atoms with van der Waals surface area (Å²) in [6, 6.07) is 0. The number of ether oxygens (including phenoxy) is 3. The molecule has 1 atom stereocenters. The molecule has 0 N–H and O–H groups in total. The van der Waals surface area contributed by atoms with Gasteiger partial charge in [0.25, 0.3) is 0 Å². The van der Waals surface area contributed by atoms with Crippen LogP contribution < -0.4 is 0 Å². The fraction of sp³-hybridized carbons (Fsp3) is 0.738. The molecule has 0 aliphatic rings. The Morgan fingerprint density at radius 3 is 0.873 bits per heavy atom. The van der Waals surface area contributed by atoms with E-state index in [1.165, 1.54) is 135 Å². The molecule has 0 saturated heterocycles. The van der Waals surface area contributed by atoms with E-state index in [4.69, 9.17) is 14.2 Å². The summed E-state index contributed by atoms with van der Waals surface area (Å²) < 4.78 is 16.9. The van der Waals surface area contributed by atoms with Crippen molar-refractivity contribution >= 4 is 17.9 Å². The summed E-state index contributed by atoms with van der Waals surface area (Å²) in [5.74, 6) is -0.912. The van der Waals surface area contributed by atoms with Gasteiger partial charge < -0.3 is 14.2 Å². The van der Waals surface area contributed by atoms with E-state index < -0.39 is 6.10 Å². The Labute approximate surface area is 439 Å². The second-order valence-corrected chi connectivity index (χ2v) is 19.9. The molecular weight excluding hydrogens is 877 g/mol. The zero-order chi connectivity index (χ0) is 51.4. The van der Waals surface area contributed by atoms with Crippen LogP contribution in [0.3, 0.4) is 0 Å². The lowest BCUT2D eigenvalue weighted by atomic mass is 10.1. The zero-order valence-corrected chi connectivity index (χ0v) is 46.7. The van der Waals surface area contributed by atoms with Crippen LogP contribution in [0.5, 0.6) is 0 Å². The Morgan fingerprint density at radius 2 is 0.549 bits per heavy atom. The van der Waals surface area contributed by atoms with Crippen LogP contribution in [0.4, 0.5) is 0 Å². The number of hydrogen-bond donors (Lipinski definition) is 0. The molecule has 71 heavy (non-hydrogen) atoms. The van der Waals surface area contributed by atoms with Crippen molar-refractivity contribution in [1.82, 2.24) is 0 Å². The lowest BCUT2D eigenvalue weighted by molar-refractivity contribution is -0.167. The van der Waals surface area contributed by atoms with Gasteiger partial charge in [-0.3, -0.25) is 14.4 Å². The fourth-order valence-electron chi connectivity index (χ4n) is 8.34. The molecule has 0 heterocycles. The van der Waals surface area contributed by atoms with Gasteiger partial charge in [-0.25, -0.2) is 0 Å². The molecule has 0 rings (SSSR count). The number of unbranched alkanes of at least 4 members (excludes halogenated alkanes) is 29. The molecule has 0 aromatic heterocycles. The Bertz CT molecular complexity index is 1370. The van der Waals surface area contributed by atoms with Gasteiger partial charge in [-0.1, -0.05) is 241 Å². The van der Waals surface area contributed by atoms with Crippen LogP contribution >= 0.6 is 0 Å². The molecule has 0 aromatic carbocycles. The molecule has 6 nitrogen and oxygen atoms in total. The summed E-state index contributed by atoms with van der Waals surface area (Å²) >= 11 is 0. The summed E-state index contributed by atoms with van der Waals surface area (Å²) in [6.45, 7) is 6.51. The standard InChI is InChI=1S/C65H112O6/c1-4-7-10-13-16-19-22-25-28-30-32-33-34-36-37-40-43-46-49-52-55-58-64(67)70-61-62(60-69-63(66)57-54-51-48-45-42-39-27-24-21-18-15-12-9-6-3)71-65(68)59-56-53-50-47-44-41-38-35-31-29-26-23-20-17-14-11-8-5-2/h7,10,16,19,24-25,27-29,31-33,36-37,62H,4-6,8-9,11-15,17-18,20-23,26,30,34-35,38-61H2,1-3H3/b10-7-,19-16-,27-24-,28-25-,31-29-,33-32-,37-36-. The predicted octanol–water partition coefficient (Wildman–Crippen LogP) is 20.3. The minimum Gasteiger partial charge on any atom is -0.462 e. The highest BCUT2D eigenvalue weighted by Crippen LogP contribution is 2.15. The van der Waals surface area contributed by atoms with Crippen LogP contribution in [-0.2, 0) is 28.6 Å². The van der Waals surface area contributed by atoms with E-state index in [9.17, 15) is 14.4 Å². The first-order valence-corrected chi connectivity index (χ1v) is 30.1. The first-order valence-electron chi connectivity index (χ1n) is 30.1. The third kappa shape index (κ3) is 57.4. The number of esters is 3. The first-order chi connectivity index (χ1) is 35.0. The molecular formula is C65H112O6. The van der Waals surface area contributed by atoms with E-state index in [2.05, 4.69) is 106 Å². The maximum Gasteiger partial charge on any atom is 0.306 e. The second-order valence-electron chi connectivity index (χ2n) is 19.9. The molecule has 6 heteroatoms. The van der Waals surface area contributed by atoms with Crippen molar-refractivity contribution < 1.29 is 28.6 Å². The topological polar surface area (TPSA) is 78.9 Å². The van der Waals surface area contributed by atoms with Crippen molar-refractivity contribution in [2.24, 2.45) is 0 Å². The van der Waals surface area contributed by atoms with E-state index in [1.54, 1.807) is 0 Å². The van der Waals surface area contributed by atoms with Crippen molar-refractivity contribution in [3.8, 4) is 0 Å². The smallest absolute Gasteiger partial charge is 0.306 e. The van der Waals surface area contributed by atoms with Crippen LogP contribution in [0.25, 0.3) is 0 Å². The molecule has 0 spiro atoms. The molecule has 0 saturated carbocycles. The van der Waals surface area contributed by atoms with Crippen LogP contribution in [0.2, 0.25) is 0 Å². The molecule has 0 fully saturated rings. The normalized spacial score (nSPS) is 12.7. The molecule has 408 valence electrons. The van der Waals surface area contributed by atoms with Gasteiger partial charge in [0.1, 0.15) is 13.2 Å². The average Bonchev–Trinajstić information content (AvgIpc) is 3.37. The van der Waals surface area contributed by atoms with Crippen molar-refractivity contribution in [3.63, 3.8) is 0 Å². The molecule has 0 bridgehead atoms. The van der Waals surface area contributed by atoms with Gasteiger partial charge in [0.2, 0.25) is 0 Å². The lowest BCUT2D eigenvalue weighted by Crippen LogP contribution is -2.30. The van der Waals surface area contributed by atoms with Crippen molar-refractivity contribution in [3.05, 3.63) is 85.1 Å². The SMILES string of the molecule is CC/C=C\C/C=C\C/C=C\C/C=C\C/C=C\CCCCCCCC(=O)OCC(COC(=O)CCCCCCC/C=C\CCCCCCC)OC(=O)CCCCCCCCC/C=C\CCCCCCCCC. The number of rotatable bonds is 54. The Hall–Kier alpha value is -3.41. The Kier molecular flexibility index (Phi) is 56.3. The largest absolute Gasteiger partial charge is 0.462 e. The van der Waals surface area contributed by atoms with Gasteiger partial charge in [-0.05, 0) is 116 Å². The van der Waals surface area contributed by atoms with Gasteiger partial charge in [-0.2, -0.15) is 0 Å². The van der Waals surface area contributed by atoms with E-state index in [-0.39, 0.29) is 31.1 Å². The molecule has 0 radical (unpaired) electrons. The lowest BCUT2D eigenvalue weighted by Gasteiger charge is -2.18. The molecule has 0 amide bonds. The number of hydrogen-bond acceptors (Lipinski definition) is 6. The van der Waals surface area contributed by atoms with E-state index in [1.807, 2.05) is 0 Å². The average molecular weight is 990 g/mol. The number of carbonyl (C=O) groups excluding carboxylic acids is 3. The summed E-state index contributed by atoms with van der Waals surface area (Å²) in [4.78, 5) is 38.2. The second kappa shape index (κ2) is 59.2. The summed E-state index contributed by atoms with van der Waals surface area (Å²) in [6.07, 6.45) is 77.1. The van der Waals surface area contributed by atoms with Crippen molar-refractivity contribution in [2.45, 2.75) is 297 Å². The first kappa shape index (κ1) is 67.6. The molecule has 1 unspecified atom stereocenters. The van der Waals surface area contributed by atoms with Crippen LogP contribution in [0, 0.1) is 0 Å². The number of carbonyl (C=O) groups is 3. The fourth-order valence-corrected chi connectivity index (χ4v) is 8.34. The zero-order valence-electron chi connectivity index (χ0n) is 46.7. The Balaban J connectivity index is 4.42. The molecule has 0 aliphatic heterocycles. The Morgan fingerprint density at radius 1 is 0.296 bits per heavy atom. The van der Waals surface area contributed by atoms with E-state index in [0.29, 0.717) is 19.3 Å². The van der Waals surface area contributed by atoms with Crippen molar-refractivity contribution in [1.29, 1.82) is 0 Å². The van der Waals surface area contributed by atoms with Crippen molar-refractivity contribution in [2.75, 3.05) is 13.2 Å². The van der Waals surface area contributed by atoms with Crippen LogP contribution in [0.15, 0.2) is 85.1 Å². The highest BCUT2D eigenvalue weighted by Gasteiger charge is 2.19. The van der Waals surface area contributed by atoms with Crippen LogP contribution in [-0.4, -0.2) is 37.2 Å². The van der Waals surface area contributed by atoms with Gasteiger partial charge in [-0.15, -0.1) is 0 Å². The van der Waals surface area contributed by atoms with Gasteiger partial charge in [0, 0.05) is 19.3 Å².